The number of carbonyl (C=O) groups is 2. The molecule has 0 atom stereocenters. The van der Waals surface area contributed by atoms with E-state index >= 15 is 0 Å². The van der Waals surface area contributed by atoms with E-state index in [9.17, 15) is 9.59 Å². The van der Waals surface area contributed by atoms with Gasteiger partial charge >= 0.3 is 6.03 Å². The summed E-state index contributed by atoms with van der Waals surface area (Å²) in [4.78, 5) is 23.7. The topological polar surface area (TPSA) is 96.2 Å². The highest BCUT2D eigenvalue weighted by atomic mass is 35.5. The van der Waals surface area contributed by atoms with E-state index in [1.54, 1.807) is 48.5 Å². The van der Waals surface area contributed by atoms with Gasteiger partial charge in [-0.1, -0.05) is 41.9 Å². The van der Waals surface area contributed by atoms with Crippen LogP contribution in [0, 0.1) is 0 Å². The number of benzene rings is 3. The lowest BCUT2D eigenvalue weighted by Gasteiger charge is -2.12. The molecule has 0 heterocycles. The molecule has 3 amide bonds. The van der Waals surface area contributed by atoms with Gasteiger partial charge in [0, 0.05) is 28.6 Å². The largest absolute Gasteiger partial charge is 0.380 e. The van der Waals surface area contributed by atoms with Crippen LogP contribution in [0.1, 0.15) is 15.9 Å². The molecule has 3 aromatic rings. The monoisotopic (exact) mass is 394 g/mol. The van der Waals surface area contributed by atoms with Crippen LogP contribution in [-0.2, 0) is 6.54 Å². The van der Waals surface area contributed by atoms with E-state index in [0.717, 1.165) is 5.56 Å². The van der Waals surface area contributed by atoms with Crippen LogP contribution < -0.4 is 21.7 Å². The summed E-state index contributed by atoms with van der Waals surface area (Å²) < 4.78 is 0. The predicted octanol–water partition coefficient (Wildman–Crippen LogP) is 4.70. The van der Waals surface area contributed by atoms with Gasteiger partial charge in [0.15, 0.2) is 0 Å². The van der Waals surface area contributed by atoms with E-state index in [-0.39, 0.29) is 6.03 Å². The molecule has 0 bridgehead atoms. The van der Waals surface area contributed by atoms with Crippen LogP contribution in [0.2, 0.25) is 5.02 Å². The van der Waals surface area contributed by atoms with Crippen LogP contribution in [0.15, 0.2) is 72.8 Å². The average molecular weight is 395 g/mol. The maximum Gasteiger partial charge on any atom is 0.323 e. The third-order valence-electron chi connectivity index (χ3n) is 3.94. The molecule has 3 aromatic carbocycles. The molecule has 6 nitrogen and oxygen atoms in total. The maximum atomic E-state index is 12.2. The molecule has 7 heteroatoms. The second-order valence-electron chi connectivity index (χ2n) is 6.05. The maximum absolute atomic E-state index is 12.2. The Morgan fingerprint density at radius 1 is 0.857 bits per heavy atom. The summed E-state index contributed by atoms with van der Waals surface area (Å²) in [7, 11) is 0. The third-order valence-corrected chi connectivity index (χ3v) is 4.18. The van der Waals surface area contributed by atoms with Gasteiger partial charge in [-0.25, -0.2) is 4.79 Å². The van der Waals surface area contributed by atoms with Gasteiger partial charge < -0.3 is 21.7 Å². The van der Waals surface area contributed by atoms with Crippen molar-refractivity contribution in [3.8, 4) is 0 Å². The second-order valence-corrected chi connectivity index (χ2v) is 6.49. The van der Waals surface area contributed by atoms with E-state index < -0.39 is 5.91 Å². The highest BCUT2D eigenvalue weighted by Crippen LogP contribution is 2.18. The number of rotatable bonds is 6. The number of para-hydroxylation sites is 1. The molecule has 0 radical (unpaired) electrons. The highest BCUT2D eigenvalue weighted by Gasteiger charge is 2.07. The zero-order valence-electron chi connectivity index (χ0n) is 14.9. The molecule has 0 saturated carbocycles. The Kier molecular flexibility index (Phi) is 6.14. The van der Waals surface area contributed by atoms with Gasteiger partial charge in [0.2, 0.25) is 0 Å². The molecular weight excluding hydrogens is 376 g/mol. The van der Waals surface area contributed by atoms with E-state index in [1.165, 1.54) is 0 Å². The number of hydrogen-bond acceptors (Lipinski definition) is 3. The zero-order valence-corrected chi connectivity index (χ0v) is 15.7. The Morgan fingerprint density at radius 2 is 1.54 bits per heavy atom. The molecule has 3 rings (SSSR count). The normalized spacial score (nSPS) is 10.2. The number of anilines is 3. The Labute approximate surface area is 167 Å². The smallest absolute Gasteiger partial charge is 0.323 e. The minimum atomic E-state index is -0.490. The summed E-state index contributed by atoms with van der Waals surface area (Å²) in [6, 6.07) is 21.0. The number of halogens is 1. The Hall–Kier alpha value is -3.51. The SMILES string of the molecule is NC(=O)c1ccccc1NCc1cccc(NC(=O)Nc2cccc(Cl)c2)c1. The van der Waals surface area contributed by atoms with Crippen LogP contribution in [0.4, 0.5) is 21.9 Å². The van der Waals surface area contributed by atoms with E-state index in [2.05, 4.69) is 16.0 Å². The summed E-state index contributed by atoms with van der Waals surface area (Å²) in [5.41, 5.74) is 8.65. The molecule has 0 fully saturated rings. The first-order valence-corrected chi connectivity index (χ1v) is 8.94. The first kappa shape index (κ1) is 19.3. The molecule has 0 spiro atoms. The van der Waals surface area contributed by atoms with E-state index in [4.69, 9.17) is 17.3 Å². The second kappa shape index (κ2) is 8.92. The van der Waals surface area contributed by atoms with Crippen molar-refractivity contribution in [2.75, 3.05) is 16.0 Å². The van der Waals surface area contributed by atoms with Crippen molar-refractivity contribution in [2.24, 2.45) is 5.73 Å². The molecule has 142 valence electrons. The minimum absolute atomic E-state index is 0.369. The van der Waals surface area contributed by atoms with Crippen molar-refractivity contribution in [2.45, 2.75) is 6.54 Å². The molecule has 0 aliphatic heterocycles. The van der Waals surface area contributed by atoms with Crippen molar-refractivity contribution in [1.29, 1.82) is 0 Å². The summed E-state index contributed by atoms with van der Waals surface area (Å²) in [6.45, 7) is 0.468. The number of urea groups is 1. The molecule has 0 unspecified atom stereocenters. The number of carbonyl (C=O) groups excluding carboxylic acids is 2. The minimum Gasteiger partial charge on any atom is -0.380 e. The van der Waals surface area contributed by atoms with Crippen LogP contribution in [0.25, 0.3) is 0 Å². The van der Waals surface area contributed by atoms with E-state index in [1.807, 2.05) is 24.3 Å². The summed E-state index contributed by atoms with van der Waals surface area (Å²) in [5.74, 6) is -0.490. The van der Waals surface area contributed by atoms with Gasteiger partial charge in [-0.3, -0.25) is 4.79 Å². The number of hydrogen-bond donors (Lipinski definition) is 4. The molecule has 5 N–H and O–H groups in total. The number of primary amides is 1. The standard InChI is InChI=1S/C21H19ClN4O2/c22-15-6-4-8-17(12-15)26-21(28)25-16-7-3-5-14(11-16)13-24-19-10-2-1-9-18(19)20(23)27/h1-12,24H,13H2,(H2,23,27)(H2,25,26,28). The van der Waals surface area contributed by atoms with Crippen molar-refractivity contribution in [3.63, 3.8) is 0 Å². The lowest BCUT2D eigenvalue weighted by Crippen LogP contribution is -2.19. The van der Waals surface area contributed by atoms with Crippen LogP contribution in [0.3, 0.4) is 0 Å². The average Bonchev–Trinajstić information content (AvgIpc) is 2.66. The van der Waals surface area contributed by atoms with Crippen molar-refractivity contribution in [1.82, 2.24) is 0 Å². The summed E-state index contributed by atoms with van der Waals surface area (Å²) >= 11 is 5.92. The predicted molar refractivity (Wildman–Crippen MR) is 113 cm³/mol. The Morgan fingerprint density at radius 3 is 2.25 bits per heavy atom. The highest BCUT2D eigenvalue weighted by molar-refractivity contribution is 6.30. The lowest BCUT2D eigenvalue weighted by atomic mass is 10.1. The zero-order chi connectivity index (χ0) is 19.9. The molecule has 0 aliphatic rings. The number of nitrogens with one attached hydrogen (secondary N) is 3. The third kappa shape index (κ3) is 5.25. The molecular formula is C21H19ClN4O2. The van der Waals surface area contributed by atoms with Crippen molar-refractivity contribution in [3.05, 3.63) is 88.9 Å². The van der Waals surface area contributed by atoms with Crippen LogP contribution in [0.5, 0.6) is 0 Å². The van der Waals surface area contributed by atoms with Crippen molar-refractivity contribution >= 4 is 40.6 Å². The van der Waals surface area contributed by atoms with Crippen LogP contribution >= 0.6 is 11.6 Å². The molecule has 0 saturated heterocycles. The van der Waals surface area contributed by atoms with Gasteiger partial charge in [0.25, 0.3) is 5.91 Å². The van der Waals surface area contributed by atoms with Gasteiger partial charge in [0.1, 0.15) is 0 Å². The van der Waals surface area contributed by atoms with Crippen molar-refractivity contribution < 1.29 is 9.59 Å². The Balaban J connectivity index is 1.62. The first-order chi connectivity index (χ1) is 13.5. The lowest BCUT2D eigenvalue weighted by molar-refractivity contribution is 0.100. The van der Waals surface area contributed by atoms with Gasteiger partial charge in [0.05, 0.1) is 5.56 Å². The molecule has 28 heavy (non-hydrogen) atoms. The quantitative estimate of drug-likeness (QED) is 0.488. The summed E-state index contributed by atoms with van der Waals surface area (Å²) in [5, 5.41) is 9.25. The van der Waals surface area contributed by atoms with Gasteiger partial charge in [-0.05, 0) is 48.0 Å². The molecule has 0 aromatic heterocycles. The fraction of sp³-hybridized carbons (Fsp3) is 0.0476. The Bertz CT molecular complexity index is 1010. The van der Waals surface area contributed by atoms with Crippen LogP contribution in [-0.4, -0.2) is 11.9 Å². The number of nitrogens with two attached hydrogens (primary N) is 1. The fourth-order valence-electron chi connectivity index (χ4n) is 2.67. The first-order valence-electron chi connectivity index (χ1n) is 8.56. The molecule has 0 aliphatic carbocycles. The number of amides is 3. The fourth-order valence-corrected chi connectivity index (χ4v) is 2.86. The van der Waals surface area contributed by atoms with Gasteiger partial charge in [-0.2, -0.15) is 0 Å². The van der Waals surface area contributed by atoms with E-state index in [0.29, 0.717) is 34.2 Å². The summed E-state index contributed by atoms with van der Waals surface area (Å²) in [6.07, 6.45) is 0. The van der Waals surface area contributed by atoms with Gasteiger partial charge in [-0.15, -0.1) is 0 Å².